The summed E-state index contributed by atoms with van der Waals surface area (Å²) in [6, 6.07) is 9.17. The molecule has 0 saturated heterocycles. The first-order valence-corrected chi connectivity index (χ1v) is 14.0. The van der Waals surface area contributed by atoms with Gasteiger partial charge in [0.05, 0.1) is 13.2 Å². The smallest absolute Gasteiger partial charge is 0.404 e. The Bertz CT molecular complexity index is 546. The molecule has 0 spiro atoms. The quantitative estimate of drug-likeness (QED) is 0.145. The van der Waals surface area contributed by atoms with Gasteiger partial charge < -0.3 is 4.52 Å². The van der Waals surface area contributed by atoms with Crippen LogP contribution in [-0.2, 0) is 13.6 Å². The van der Waals surface area contributed by atoms with Crippen LogP contribution in [-0.4, -0.2) is 13.2 Å². The van der Waals surface area contributed by atoms with E-state index in [1.54, 1.807) is 12.1 Å². The largest absolute Gasteiger partial charge is 0.530 e. The molecular formula is C26H47O4P. The van der Waals surface area contributed by atoms with Crippen molar-refractivity contribution in [1.29, 1.82) is 0 Å². The second-order valence-electron chi connectivity index (χ2n) is 9.42. The molecule has 0 atom stereocenters. The monoisotopic (exact) mass is 454 g/mol. The second kappa shape index (κ2) is 17.7. The van der Waals surface area contributed by atoms with E-state index in [-0.39, 0.29) is 0 Å². The number of rotatable bonds is 20. The van der Waals surface area contributed by atoms with Crippen LogP contribution < -0.4 is 4.52 Å². The van der Waals surface area contributed by atoms with Crippen LogP contribution in [0.4, 0.5) is 0 Å². The predicted octanol–water partition coefficient (Wildman–Crippen LogP) is 9.20. The van der Waals surface area contributed by atoms with E-state index in [1.165, 1.54) is 51.4 Å². The molecule has 0 aliphatic rings. The summed E-state index contributed by atoms with van der Waals surface area (Å²) in [5.41, 5.74) is 0. The summed E-state index contributed by atoms with van der Waals surface area (Å²) in [6.45, 7) is 9.89. The molecule has 0 N–H and O–H groups in total. The minimum atomic E-state index is -3.59. The molecule has 1 aromatic carbocycles. The maximum absolute atomic E-state index is 13.1. The third kappa shape index (κ3) is 16.5. The third-order valence-corrected chi connectivity index (χ3v) is 6.74. The van der Waals surface area contributed by atoms with Crippen molar-refractivity contribution >= 4 is 7.82 Å². The molecule has 0 fully saturated rings. The maximum Gasteiger partial charge on any atom is 0.530 e. The second-order valence-corrected chi connectivity index (χ2v) is 11.0. The topological polar surface area (TPSA) is 44.8 Å². The Balaban J connectivity index is 2.30. The van der Waals surface area contributed by atoms with E-state index in [0.29, 0.717) is 19.0 Å². The first-order chi connectivity index (χ1) is 14.9. The van der Waals surface area contributed by atoms with Crippen LogP contribution >= 0.6 is 7.82 Å². The van der Waals surface area contributed by atoms with Crippen LogP contribution in [0.3, 0.4) is 0 Å². The lowest BCUT2D eigenvalue weighted by atomic mass is 10.0. The molecular weight excluding hydrogens is 407 g/mol. The van der Waals surface area contributed by atoms with Gasteiger partial charge in [-0.2, -0.15) is 0 Å². The third-order valence-electron chi connectivity index (χ3n) is 5.31. The zero-order valence-corrected chi connectivity index (χ0v) is 21.4. The van der Waals surface area contributed by atoms with Crippen molar-refractivity contribution in [3.63, 3.8) is 0 Å². The Hall–Kier alpha value is -0.830. The molecule has 0 aliphatic heterocycles. The van der Waals surface area contributed by atoms with Crippen molar-refractivity contribution in [2.75, 3.05) is 13.2 Å². The summed E-state index contributed by atoms with van der Waals surface area (Å²) in [4.78, 5) is 0. The Labute approximate surface area is 192 Å². The molecule has 1 rings (SSSR count). The van der Waals surface area contributed by atoms with Crippen LogP contribution in [0.15, 0.2) is 30.3 Å². The highest BCUT2D eigenvalue weighted by molar-refractivity contribution is 7.48. The maximum atomic E-state index is 13.1. The summed E-state index contributed by atoms with van der Waals surface area (Å²) in [5.74, 6) is 2.08. The van der Waals surface area contributed by atoms with E-state index in [4.69, 9.17) is 13.6 Å². The lowest BCUT2D eigenvalue weighted by molar-refractivity contribution is 0.150. The van der Waals surface area contributed by atoms with E-state index in [9.17, 15) is 4.57 Å². The molecule has 31 heavy (non-hydrogen) atoms. The fourth-order valence-corrected chi connectivity index (χ4v) is 4.69. The highest BCUT2D eigenvalue weighted by Crippen LogP contribution is 2.49. The van der Waals surface area contributed by atoms with Gasteiger partial charge in [-0.05, 0) is 36.8 Å². The molecule has 5 heteroatoms. The normalized spacial score (nSPS) is 12.1. The molecule has 0 radical (unpaired) electrons. The molecule has 1 aromatic rings. The van der Waals surface area contributed by atoms with Crippen molar-refractivity contribution in [2.24, 2.45) is 11.8 Å². The van der Waals surface area contributed by atoms with E-state index in [2.05, 4.69) is 27.7 Å². The minimum Gasteiger partial charge on any atom is -0.404 e. The van der Waals surface area contributed by atoms with Gasteiger partial charge in [0.25, 0.3) is 0 Å². The summed E-state index contributed by atoms with van der Waals surface area (Å²) in [6.07, 6.45) is 14.0. The number of phosphoric ester groups is 1. The first-order valence-electron chi connectivity index (χ1n) is 12.5. The Morgan fingerprint density at radius 1 is 0.645 bits per heavy atom. The molecule has 0 bridgehead atoms. The highest BCUT2D eigenvalue weighted by atomic mass is 31.2. The van der Waals surface area contributed by atoms with Gasteiger partial charge in [-0.3, -0.25) is 9.05 Å². The number of hydrogen-bond acceptors (Lipinski definition) is 4. The van der Waals surface area contributed by atoms with Gasteiger partial charge in [0, 0.05) is 0 Å². The number of phosphoric acid groups is 1. The van der Waals surface area contributed by atoms with Gasteiger partial charge >= 0.3 is 7.82 Å². The van der Waals surface area contributed by atoms with Gasteiger partial charge in [0.2, 0.25) is 0 Å². The predicted molar refractivity (Wildman–Crippen MR) is 132 cm³/mol. The van der Waals surface area contributed by atoms with Crippen LogP contribution in [0, 0.1) is 11.8 Å². The number of para-hydroxylation sites is 1. The number of benzene rings is 1. The average molecular weight is 455 g/mol. The number of unbranched alkanes of at least 4 members (excludes halogenated alkanes) is 8. The average Bonchev–Trinajstić information content (AvgIpc) is 2.72. The summed E-state index contributed by atoms with van der Waals surface area (Å²) < 4.78 is 30.1. The molecule has 0 aromatic heterocycles. The van der Waals surface area contributed by atoms with Crippen LogP contribution in [0.5, 0.6) is 5.75 Å². The Morgan fingerprint density at radius 3 is 1.52 bits per heavy atom. The zero-order chi connectivity index (χ0) is 22.8. The molecule has 180 valence electrons. The van der Waals surface area contributed by atoms with Gasteiger partial charge in [0.15, 0.2) is 0 Å². The first kappa shape index (κ1) is 28.2. The molecule has 0 aliphatic carbocycles. The molecule has 0 saturated carbocycles. The molecule has 4 nitrogen and oxygen atoms in total. The van der Waals surface area contributed by atoms with Gasteiger partial charge in [0.1, 0.15) is 5.75 Å². The summed E-state index contributed by atoms with van der Waals surface area (Å²) in [7, 11) is -3.59. The van der Waals surface area contributed by atoms with E-state index in [1.807, 2.05) is 18.2 Å². The van der Waals surface area contributed by atoms with Crippen molar-refractivity contribution in [1.82, 2.24) is 0 Å². The highest BCUT2D eigenvalue weighted by Gasteiger charge is 2.28. The lowest BCUT2D eigenvalue weighted by Gasteiger charge is -2.18. The van der Waals surface area contributed by atoms with Crippen molar-refractivity contribution < 1.29 is 18.1 Å². The zero-order valence-electron chi connectivity index (χ0n) is 20.5. The van der Waals surface area contributed by atoms with Crippen molar-refractivity contribution in [3.05, 3.63) is 30.3 Å². The van der Waals surface area contributed by atoms with Gasteiger partial charge in [-0.25, -0.2) is 4.57 Å². The van der Waals surface area contributed by atoms with E-state index < -0.39 is 7.82 Å². The van der Waals surface area contributed by atoms with E-state index >= 15 is 0 Å². The lowest BCUT2D eigenvalue weighted by Crippen LogP contribution is -2.05. The fourth-order valence-electron chi connectivity index (χ4n) is 3.42. The Kier molecular flexibility index (Phi) is 16.1. The molecule has 0 amide bonds. The standard InChI is InChI=1S/C26H47O4P/c1-24(2)18-12-7-5-9-16-22-28-31(27,30-26-20-14-11-15-21-26)29-23-17-10-6-8-13-19-25(3)4/h11,14-15,20-21,24-25H,5-10,12-13,16-19,22-23H2,1-4H3. The van der Waals surface area contributed by atoms with Gasteiger partial charge in [-0.15, -0.1) is 0 Å². The van der Waals surface area contributed by atoms with Gasteiger partial charge in [-0.1, -0.05) is 110 Å². The van der Waals surface area contributed by atoms with Crippen LogP contribution in [0.2, 0.25) is 0 Å². The fraction of sp³-hybridized carbons (Fsp3) is 0.769. The van der Waals surface area contributed by atoms with Crippen molar-refractivity contribution in [2.45, 2.75) is 105 Å². The van der Waals surface area contributed by atoms with Crippen LogP contribution in [0.1, 0.15) is 105 Å². The molecule has 0 unspecified atom stereocenters. The number of hydrogen-bond donors (Lipinski definition) is 0. The summed E-state index contributed by atoms with van der Waals surface area (Å²) in [5, 5.41) is 0. The van der Waals surface area contributed by atoms with E-state index in [0.717, 1.165) is 37.5 Å². The molecule has 0 heterocycles. The Morgan fingerprint density at radius 2 is 1.06 bits per heavy atom. The SMILES string of the molecule is CC(C)CCCCCCCOP(=O)(OCCCCCCCC(C)C)Oc1ccccc1. The summed E-state index contributed by atoms with van der Waals surface area (Å²) >= 11 is 0. The van der Waals surface area contributed by atoms with Crippen LogP contribution in [0.25, 0.3) is 0 Å². The minimum absolute atomic E-state index is 0.406. The van der Waals surface area contributed by atoms with Crippen molar-refractivity contribution in [3.8, 4) is 5.75 Å².